The molecule has 112 valence electrons. The lowest BCUT2D eigenvalue weighted by Crippen LogP contribution is -2.37. The molecule has 2 aliphatic rings. The predicted molar refractivity (Wildman–Crippen MR) is 77.1 cm³/mol. The fourth-order valence-electron chi connectivity index (χ4n) is 2.52. The second kappa shape index (κ2) is 5.81. The fraction of sp³-hybridized carbons (Fsp3) is 0.429. The summed E-state index contributed by atoms with van der Waals surface area (Å²) in [4.78, 5) is 25.0. The molecule has 0 radical (unpaired) electrons. The molecule has 1 fully saturated rings. The van der Waals surface area contributed by atoms with Gasteiger partial charge < -0.3 is 19.7 Å². The molecule has 7 heteroatoms. The van der Waals surface area contributed by atoms with Crippen LogP contribution in [0.3, 0.4) is 0 Å². The van der Waals surface area contributed by atoms with Crippen molar-refractivity contribution in [2.75, 3.05) is 30.5 Å². The molecule has 1 atom stereocenters. The minimum absolute atomic E-state index is 0.0356. The quantitative estimate of drug-likeness (QED) is 0.843. The van der Waals surface area contributed by atoms with Crippen molar-refractivity contribution in [1.29, 1.82) is 0 Å². The van der Waals surface area contributed by atoms with E-state index in [2.05, 4.69) is 5.32 Å². The Balaban J connectivity index is 1.75. The molecule has 0 bridgehead atoms. The van der Waals surface area contributed by atoms with Crippen LogP contribution < -0.4 is 19.7 Å². The van der Waals surface area contributed by atoms with E-state index >= 15 is 0 Å². The van der Waals surface area contributed by atoms with Gasteiger partial charge in [0.05, 0.1) is 6.04 Å². The average molecular weight is 311 g/mol. The fourth-order valence-corrected chi connectivity index (χ4v) is 2.60. The highest BCUT2D eigenvalue weighted by atomic mass is 35.5. The standard InChI is InChI=1S/C14H15ClN2O4/c15-7-13(18)16-9-5-14(19)17(8-9)10-1-2-11-12(6-10)21-4-3-20-11/h1-2,6,9H,3-5,7-8H2,(H,16,18). The zero-order valence-corrected chi connectivity index (χ0v) is 12.1. The van der Waals surface area contributed by atoms with Crippen LogP contribution in [0.2, 0.25) is 0 Å². The lowest BCUT2D eigenvalue weighted by atomic mass is 10.2. The first-order valence-electron chi connectivity index (χ1n) is 6.72. The lowest BCUT2D eigenvalue weighted by Gasteiger charge is -2.22. The van der Waals surface area contributed by atoms with Crippen molar-refractivity contribution < 1.29 is 19.1 Å². The van der Waals surface area contributed by atoms with Crippen molar-refractivity contribution in [2.45, 2.75) is 12.5 Å². The maximum absolute atomic E-state index is 12.1. The van der Waals surface area contributed by atoms with Crippen LogP contribution in [-0.4, -0.2) is 43.5 Å². The van der Waals surface area contributed by atoms with Crippen LogP contribution in [0.25, 0.3) is 0 Å². The molecule has 6 nitrogen and oxygen atoms in total. The van der Waals surface area contributed by atoms with E-state index in [9.17, 15) is 9.59 Å². The third-order valence-electron chi connectivity index (χ3n) is 3.45. The van der Waals surface area contributed by atoms with Crippen LogP contribution in [-0.2, 0) is 9.59 Å². The first-order chi connectivity index (χ1) is 10.2. The Hall–Kier alpha value is -1.95. The number of nitrogens with zero attached hydrogens (tertiary/aromatic N) is 1. The van der Waals surface area contributed by atoms with Gasteiger partial charge >= 0.3 is 0 Å². The molecule has 1 N–H and O–H groups in total. The molecule has 21 heavy (non-hydrogen) atoms. The molecule has 1 aromatic carbocycles. The van der Waals surface area contributed by atoms with Gasteiger partial charge in [-0.15, -0.1) is 11.6 Å². The number of fused-ring (bicyclic) bond motifs is 1. The number of ether oxygens (including phenoxy) is 2. The van der Waals surface area contributed by atoms with E-state index in [1.165, 1.54) is 0 Å². The Morgan fingerprint density at radius 1 is 1.33 bits per heavy atom. The van der Waals surface area contributed by atoms with Gasteiger partial charge in [0, 0.05) is 24.7 Å². The number of hydrogen-bond acceptors (Lipinski definition) is 4. The van der Waals surface area contributed by atoms with Crippen molar-refractivity contribution in [1.82, 2.24) is 5.32 Å². The first-order valence-corrected chi connectivity index (χ1v) is 7.26. The molecular weight excluding hydrogens is 296 g/mol. The summed E-state index contributed by atoms with van der Waals surface area (Å²) in [6.07, 6.45) is 0.275. The zero-order chi connectivity index (χ0) is 14.8. The molecule has 0 saturated carbocycles. The highest BCUT2D eigenvalue weighted by Crippen LogP contribution is 2.35. The summed E-state index contributed by atoms with van der Waals surface area (Å²) in [5.41, 5.74) is 0.742. The van der Waals surface area contributed by atoms with Gasteiger partial charge in [-0.2, -0.15) is 0 Å². The molecule has 1 saturated heterocycles. The first kappa shape index (κ1) is 14.0. The lowest BCUT2D eigenvalue weighted by molar-refractivity contribution is -0.119. The van der Waals surface area contributed by atoms with Gasteiger partial charge in [-0.3, -0.25) is 9.59 Å². The monoisotopic (exact) mass is 310 g/mol. The van der Waals surface area contributed by atoms with Gasteiger partial charge in [-0.05, 0) is 12.1 Å². The van der Waals surface area contributed by atoms with Gasteiger partial charge in [0.2, 0.25) is 11.8 Å². The smallest absolute Gasteiger partial charge is 0.235 e. The number of amides is 2. The molecule has 2 aliphatic heterocycles. The van der Waals surface area contributed by atoms with E-state index in [0.29, 0.717) is 31.3 Å². The highest BCUT2D eigenvalue weighted by Gasteiger charge is 2.32. The third-order valence-corrected chi connectivity index (χ3v) is 3.69. The second-order valence-electron chi connectivity index (χ2n) is 4.93. The van der Waals surface area contributed by atoms with Crippen LogP contribution in [0.1, 0.15) is 6.42 Å². The molecular formula is C14H15ClN2O4. The number of rotatable bonds is 3. The van der Waals surface area contributed by atoms with Crippen molar-refractivity contribution in [3.63, 3.8) is 0 Å². The maximum Gasteiger partial charge on any atom is 0.235 e. The summed E-state index contributed by atoms with van der Waals surface area (Å²) in [6.45, 7) is 1.46. The molecule has 0 aliphatic carbocycles. The van der Waals surface area contributed by atoms with Crippen molar-refractivity contribution in [3.8, 4) is 11.5 Å². The highest BCUT2D eigenvalue weighted by molar-refractivity contribution is 6.27. The SMILES string of the molecule is O=C(CCl)NC1CC(=O)N(c2ccc3c(c2)OCCO3)C1. The summed E-state index contributed by atoms with van der Waals surface area (Å²) < 4.78 is 11.0. The van der Waals surface area contributed by atoms with Gasteiger partial charge in [0.25, 0.3) is 0 Å². The van der Waals surface area contributed by atoms with Gasteiger partial charge in [-0.25, -0.2) is 0 Å². The minimum Gasteiger partial charge on any atom is -0.486 e. The summed E-state index contributed by atoms with van der Waals surface area (Å²) in [7, 11) is 0. The molecule has 2 heterocycles. The van der Waals surface area contributed by atoms with E-state index in [1.54, 1.807) is 17.0 Å². The second-order valence-corrected chi connectivity index (χ2v) is 5.20. The minimum atomic E-state index is -0.265. The average Bonchev–Trinajstić information content (AvgIpc) is 2.87. The van der Waals surface area contributed by atoms with Crippen LogP contribution >= 0.6 is 11.6 Å². The molecule has 3 rings (SSSR count). The number of benzene rings is 1. The summed E-state index contributed by atoms with van der Waals surface area (Å²) in [6, 6.07) is 5.19. The summed E-state index contributed by atoms with van der Waals surface area (Å²) in [5, 5.41) is 2.73. The Kier molecular flexibility index (Phi) is 3.88. The number of anilines is 1. The van der Waals surface area contributed by atoms with E-state index in [0.717, 1.165) is 5.69 Å². The van der Waals surface area contributed by atoms with Crippen molar-refractivity contribution in [3.05, 3.63) is 18.2 Å². The number of halogens is 1. The summed E-state index contributed by atoms with van der Waals surface area (Å²) in [5.74, 6) is 0.919. The van der Waals surface area contributed by atoms with E-state index < -0.39 is 0 Å². The molecule has 1 aromatic rings. The van der Waals surface area contributed by atoms with Crippen LogP contribution in [0.15, 0.2) is 18.2 Å². The van der Waals surface area contributed by atoms with Crippen LogP contribution in [0.5, 0.6) is 11.5 Å². The summed E-state index contributed by atoms with van der Waals surface area (Å²) >= 11 is 5.46. The van der Waals surface area contributed by atoms with E-state index in [1.807, 2.05) is 6.07 Å². The molecule has 1 unspecified atom stereocenters. The van der Waals surface area contributed by atoms with Gasteiger partial charge in [-0.1, -0.05) is 0 Å². The van der Waals surface area contributed by atoms with Crippen LogP contribution in [0, 0.1) is 0 Å². The Bertz CT molecular complexity index is 578. The molecule has 0 spiro atoms. The molecule has 2 amide bonds. The topological polar surface area (TPSA) is 67.9 Å². The zero-order valence-electron chi connectivity index (χ0n) is 11.3. The Morgan fingerprint density at radius 3 is 2.86 bits per heavy atom. The van der Waals surface area contributed by atoms with Crippen LogP contribution in [0.4, 0.5) is 5.69 Å². The maximum atomic E-state index is 12.1. The normalized spacial score (nSPS) is 20.5. The number of hydrogen-bond donors (Lipinski definition) is 1. The van der Waals surface area contributed by atoms with Gasteiger partial charge in [0.15, 0.2) is 11.5 Å². The van der Waals surface area contributed by atoms with E-state index in [4.69, 9.17) is 21.1 Å². The van der Waals surface area contributed by atoms with Gasteiger partial charge in [0.1, 0.15) is 19.1 Å². The Labute approximate surface area is 127 Å². The van der Waals surface area contributed by atoms with Crippen molar-refractivity contribution in [2.24, 2.45) is 0 Å². The van der Waals surface area contributed by atoms with E-state index in [-0.39, 0.29) is 30.2 Å². The number of nitrogens with one attached hydrogen (secondary N) is 1. The predicted octanol–water partition coefficient (Wildman–Crippen LogP) is 0.918. The molecule has 0 aromatic heterocycles. The van der Waals surface area contributed by atoms with Crippen molar-refractivity contribution >= 4 is 29.1 Å². The number of carbonyl (C=O) groups excluding carboxylic acids is 2. The third kappa shape index (κ3) is 2.90. The largest absolute Gasteiger partial charge is 0.486 e. The number of alkyl halides is 1. The Morgan fingerprint density at radius 2 is 2.10 bits per heavy atom. The number of carbonyl (C=O) groups is 2.